The van der Waals surface area contributed by atoms with E-state index in [1.165, 1.54) is 12.8 Å². The van der Waals surface area contributed by atoms with Crippen molar-refractivity contribution in [1.29, 1.82) is 0 Å². The van der Waals surface area contributed by atoms with Crippen molar-refractivity contribution in [3.05, 3.63) is 107 Å². The number of nitrogens with zero attached hydrogens (tertiary/aromatic N) is 6. The molecule has 0 amide bonds. The summed E-state index contributed by atoms with van der Waals surface area (Å²) in [5.74, 6) is 1.26. The van der Waals surface area contributed by atoms with E-state index in [1.807, 2.05) is 63.2 Å². The first kappa shape index (κ1) is 31.0. The fourth-order valence-corrected chi connectivity index (χ4v) is 3.20. The van der Waals surface area contributed by atoms with Gasteiger partial charge in [0.25, 0.3) is 0 Å². The summed E-state index contributed by atoms with van der Waals surface area (Å²) >= 11 is 0. The van der Waals surface area contributed by atoms with Gasteiger partial charge in [0.1, 0.15) is 11.6 Å². The van der Waals surface area contributed by atoms with Crippen LogP contribution in [0.15, 0.2) is 73.3 Å². The van der Waals surface area contributed by atoms with Crippen molar-refractivity contribution in [3.8, 4) is 0 Å². The Balaban J connectivity index is 0.000000184. The molecular weight excluding hydrogens is 488 g/mol. The van der Waals surface area contributed by atoms with Crippen LogP contribution in [0.3, 0.4) is 0 Å². The number of carbonyl (C=O) groups is 2. The monoisotopic (exact) mass is 526 g/mol. The summed E-state index contributed by atoms with van der Waals surface area (Å²) in [5.41, 5.74) is 6.05. The zero-order chi connectivity index (χ0) is 28.5. The summed E-state index contributed by atoms with van der Waals surface area (Å²) in [5, 5.41) is 15.8. The minimum absolute atomic E-state index is 0.174. The van der Waals surface area contributed by atoms with Gasteiger partial charge in [-0.25, -0.2) is 0 Å². The van der Waals surface area contributed by atoms with Crippen LogP contribution >= 0.6 is 0 Å². The minimum atomic E-state index is 0.174. The third-order valence-electron chi connectivity index (χ3n) is 5.33. The molecule has 1 saturated carbocycles. The maximum atomic E-state index is 10.6. The van der Waals surface area contributed by atoms with Gasteiger partial charge in [-0.05, 0) is 107 Å². The zero-order valence-electron chi connectivity index (χ0n) is 23.5. The number of hydrogen-bond acceptors (Lipinski definition) is 8. The molecule has 1 aliphatic rings. The van der Waals surface area contributed by atoms with Crippen LogP contribution in [-0.4, -0.2) is 41.9 Å². The van der Waals surface area contributed by atoms with E-state index in [0.29, 0.717) is 12.8 Å². The molecule has 8 nitrogen and oxygen atoms in total. The van der Waals surface area contributed by atoms with Gasteiger partial charge in [0, 0.05) is 37.6 Å². The Labute approximate surface area is 231 Å². The quantitative estimate of drug-likeness (QED) is 0.335. The predicted octanol–water partition coefficient (Wildman–Crippen LogP) is 5.26. The molecule has 1 aliphatic carbocycles. The highest BCUT2D eigenvalue weighted by Crippen LogP contribution is 2.31. The molecule has 0 saturated heterocycles. The molecule has 0 unspecified atom stereocenters. The van der Waals surface area contributed by atoms with Gasteiger partial charge in [-0.1, -0.05) is 12.1 Å². The predicted molar refractivity (Wildman–Crippen MR) is 152 cm³/mol. The van der Waals surface area contributed by atoms with Gasteiger partial charge in [-0.15, -0.1) is 0 Å². The van der Waals surface area contributed by atoms with Gasteiger partial charge < -0.3 is 0 Å². The first-order chi connectivity index (χ1) is 18.7. The van der Waals surface area contributed by atoms with E-state index in [2.05, 4.69) is 36.4 Å². The smallest absolute Gasteiger partial charge is 0.134 e. The average Bonchev–Trinajstić information content (AvgIpc) is 3.73. The summed E-state index contributed by atoms with van der Waals surface area (Å²) in [6.45, 7) is 8.97. The summed E-state index contributed by atoms with van der Waals surface area (Å²) < 4.78 is 0. The Bertz CT molecular complexity index is 1170. The van der Waals surface area contributed by atoms with Crippen LogP contribution in [-0.2, 0) is 28.9 Å². The van der Waals surface area contributed by atoms with Crippen molar-refractivity contribution in [2.75, 3.05) is 0 Å². The second-order valence-electron chi connectivity index (χ2n) is 9.61. The van der Waals surface area contributed by atoms with Crippen molar-refractivity contribution in [2.24, 2.45) is 5.92 Å². The van der Waals surface area contributed by atoms with E-state index in [9.17, 15) is 9.59 Å². The Kier molecular flexibility index (Phi) is 13.8. The number of Topliss-reactive ketones (excluding diaryl/α,β-unsaturated/α-hetero) is 2. The first-order valence-electron chi connectivity index (χ1n) is 13.0. The van der Waals surface area contributed by atoms with Crippen LogP contribution in [0.1, 0.15) is 60.6 Å². The largest absolute Gasteiger partial charge is 0.300 e. The highest BCUT2D eigenvalue weighted by Gasteiger charge is 2.21. The van der Waals surface area contributed by atoms with Crippen LogP contribution in [0.25, 0.3) is 0 Å². The lowest BCUT2D eigenvalue weighted by atomic mass is 10.2. The van der Waals surface area contributed by atoms with Gasteiger partial charge in [0.05, 0.1) is 22.8 Å². The van der Waals surface area contributed by atoms with Gasteiger partial charge >= 0.3 is 0 Å². The van der Waals surface area contributed by atoms with Crippen LogP contribution in [0, 0.1) is 26.7 Å². The topological polar surface area (TPSA) is 111 Å². The lowest BCUT2D eigenvalue weighted by molar-refractivity contribution is -0.117. The number of pyridine rings is 2. The lowest BCUT2D eigenvalue weighted by Gasteiger charge is -1.96. The maximum absolute atomic E-state index is 10.6. The average molecular weight is 527 g/mol. The third kappa shape index (κ3) is 15.6. The highest BCUT2D eigenvalue weighted by atomic mass is 16.1. The normalized spacial score (nSPS) is 11.4. The molecule has 0 atom stereocenters. The molecule has 0 radical (unpaired) electrons. The molecule has 4 heterocycles. The molecule has 4 aromatic rings. The zero-order valence-corrected chi connectivity index (χ0v) is 23.5. The molecule has 204 valence electrons. The van der Waals surface area contributed by atoms with Gasteiger partial charge in [-0.2, -0.15) is 20.4 Å². The molecule has 39 heavy (non-hydrogen) atoms. The van der Waals surface area contributed by atoms with Crippen molar-refractivity contribution < 1.29 is 9.59 Å². The van der Waals surface area contributed by atoms with Gasteiger partial charge in [-0.3, -0.25) is 19.6 Å². The molecule has 0 N–H and O–H groups in total. The summed E-state index contributed by atoms with van der Waals surface area (Å²) in [4.78, 5) is 28.9. The lowest BCUT2D eigenvalue weighted by Crippen LogP contribution is -1.95. The minimum Gasteiger partial charge on any atom is -0.300 e. The maximum Gasteiger partial charge on any atom is 0.134 e. The molecule has 0 aliphatic heterocycles. The summed E-state index contributed by atoms with van der Waals surface area (Å²) in [6.07, 6.45) is 11.7. The molecule has 4 aromatic heterocycles. The number of rotatable bonds is 6. The van der Waals surface area contributed by atoms with Crippen molar-refractivity contribution >= 4 is 11.6 Å². The second-order valence-corrected chi connectivity index (χ2v) is 9.61. The van der Waals surface area contributed by atoms with Crippen LogP contribution in [0.2, 0.25) is 0 Å². The number of aryl methyl sites for hydroxylation is 3. The van der Waals surface area contributed by atoms with Crippen LogP contribution in [0.5, 0.6) is 0 Å². The van der Waals surface area contributed by atoms with Gasteiger partial charge in [0.15, 0.2) is 0 Å². The Hall–Kier alpha value is -4.20. The number of hydrogen-bond donors (Lipinski definition) is 0. The van der Waals surface area contributed by atoms with E-state index >= 15 is 0 Å². The molecule has 8 heteroatoms. The molecule has 0 aromatic carbocycles. The van der Waals surface area contributed by atoms with Gasteiger partial charge in [0.2, 0.25) is 0 Å². The molecule has 5 rings (SSSR count). The molecule has 0 bridgehead atoms. The second kappa shape index (κ2) is 17.3. The fraction of sp³-hybridized carbons (Fsp3) is 0.355. The number of carbonyl (C=O) groups excluding carboxylic acids is 2. The highest BCUT2D eigenvalue weighted by molar-refractivity contribution is 5.78. The summed E-state index contributed by atoms with van der Waals surface area (Å²) in [7, 11) is 0. The Morgan fingerprint density at radius 2 is 1.10 bits per heavy atom. The number of aromatic nitrogens is 6. The van der Waals surface area contributed by atoms with Crippen molar-refractivity contribution in [2.45, 2.75) is 66.7 Å². The van der Waals surface area contributed by atoms with E-state index in [1.54, 1.807) is 38.6 Å². The van der Waals surface area contributed by atoms with Crippen LogP contribution < -0.4 is 0 Å². The van der Waals surface area contributed by atoms with Crippen molar-refractivity contribution in [1.82, 2.24) is 30.4 Å². The number of ketones is 2. The SMILES string of the molecule is CC(=O)Cc1cccnc1.CC(=O)Cc1cccnc1.Cc1ccc(C)nn1.Cc1ccc(CC2CC2)nn1. The molecule has 0 spiro atoms. The Morgan fingerprint density at radius 1 is 0.667 bits per heavy atom. The fourth-order valence-electron chi connectivity index (χ4n) is 3.20. The van der Waals surface area contributed by atoms with Crippen LogP contribution in [0.4, 0.5) is 0 Å². The molecular formula is C31H38N6O2. The Morgan fingerprint density at radius 3 is 1.41 bits per heavy atom. The van der Waals surface area contributed by atoms with Crippen molar-refractivity contribution in [3.63, 3.8) is 0 Å². The van der Waals surface area contributed by atoms with E-state index < -0.39 is 0 Å². The first-order valence-corrected chi connectivity index (χ1v) is 13.0. The standard InChI is InChI=1S/C9H12N2.2C8H9NO.C6H8N2/c1-7-2-5-9(11-10-7)6-8-3-4-8;2*1-7(10)5-8-3-2-4-9-6-8;1-5-3-4-6(2)8-7-5/h2,5,8H,3-4,6H2,1H3;2*2-4,6H,5H2,1H3;3-4H,1-2H3. The van der Waals surface area contributed by atoms with E-state index in [0.717, 1.165) is 46.2 Å². The third-order valence-corrected chi connectivity index (χ3v) is 5.33. The van der Waals surface area contributed by atoms with E-state index in [4.69, 9.17) is 0 Å². The molecule has 1 fully saturated rings. The summed E-state index contributed by atoms with van der Waals surface area (Å²) in [6, 6.07) is 15.5. The van der Waals surface area contributed by atoms with E-state index in [-0.39, 0.29) is 11.6 Å².